The summed E-state index contributed by atoms with van der Waals surface area (Å²) in [4.78, 5) is 4.78. The van der Waals surface area contributed by atoms with Gasteiger partial charge in [-0.1, -0.05) is 208 Å². The van der Waals surface area contributed by atoms with Crippen LogP contribution in [0.25, 0.3) is 79.9 Å². The van der Waals surface area contributed by atoms with E-state index in [4.69, 9.17) is 0 Å². The standard InChI is InChI=1S/C67H48N2/c1-67(2)61-41-53(45-21-25-47(26-22-45)55-35-33-51-31-29-49-13-9-11-19-63(49)68(65(51)43-55)57-15-5-3-6-16-57)37-39-59(61)60-40-38-54(42-62(60)67)46-23-27-48(28-24-46)56-36-34-52-32-30-50-14-10-12-20-64(50)69(66(52)44-56)58-17-7-4-8-18-58/h3-44H,1-2H3. The van der Waals surface area contributed by atoms with Gasteiger partial charge in [0.1, 0.15) is 0 Å². The Labute approximate surface area is 405 Å². The highest BCUT2D eigenvalue weighted by Crippen LogP contribution is 2.51. The molecule has 0 saturated heterocycles. The van der Waals surface area contributed by atoms with Crippen molar-refractivity contribution < 1.29 is 0 Å². The molecule has 13 rings (SSSR count). The minimum Gasteiger partial charge on any atom is -0.309 e. The zero-order valence-electron chi connectivity index (χ0n) is 38.6. The number of rotatable bonds is 6. The summed E-state index contributed by atoms with van der Waals surface area (Å²) in [6.07, 6.45) is 8.94. The van der Waals surface area contributed by atoms with E-state index in [9.17, 15) is 0 Å². The third kappa shape index (κ3) is 6.95. The van der Waals surface area contributed by atoms with E-state index in [-0.39, 0.29) is 5.41 Å². The van der Waals surface area contributed by atoms with E-state index >= 15 is 0 Å². The van der Waals surface area contributed by atoms with Gasteiger partial charge in [0.25, 0.3) is 0 Å². The molecule has 10 aromatic rings. The van der Waals surface area contributed by atoms with E-state index in [1.54, 1.807) is 0 Å². The number of hydrogen-bond donors (Lipinski definition) is 0. The predicted octanol–water partition coefficient (Wildman–Crippen LogP) is 18.6. The van der Waals surface area contributed by atoms with E-state index in [0.29, 0.717) is 0 Å². The van der Waals surface area contributed by atoms with Crippen LogP contribution in [-0.4, -0.2) is 0 Å². The SMILES string of the molecule is CC1(C)c2cc(-c3ccc(-c4ccc5c(c4)N(c4ccccc4)c4ccccc4C=C5)cc3)ccc2-c2ccc(-c3ccc(-c4ccc5c(c4)N(c4ccccc4)c4ccccc4C=C5)cc3)cc21. The zero-order chi connectivity index (χ0) is 46.1. The quantitative estimate of drug-likeness (QED) is 0.164. The summed E-state index contributed by atoms with van der Waals surface area (Å²) in [6.45, 7) is 4.76. The Morgan fingerprint density at radius 3 is 0.957 bits per heavy atom. The summed E-state index contributed by atoms with van der Waals surface area (Å²) in [5.41, 5.74) is 26.7. The molecule has 69 heavy (non-hydrogen) atoms. The molecule has 0 radical (unpaired) electrons. The Morgan fingerprint density at radius 1 is 0.261 bits per heavy atom. The van der Waals surface area contributed by atoms with E-state index in [1.807, 2.05) is 0 Å². The highest BCUT2D eigenvalue weighted by molar-refractivity contribution is 5.97. The summed E-state index contributed by atoms with van der Waals surface area (Å²) in [7, 11) is 0. The molecular weight excluding hydrogens is 833 g/mol. The molecule has 0 fully saturated rings. The van der Waals surface area contributed by atoms with Gasteiger partial charge in [-0.15, -0.1) is 0 Å². The van der Waals surface area contributed by atoms with Gasteiger partial charge in [-0.25, -0.2) is 0 Å². The Bertz CT molecular complexity index is 3430. The molecule has 0 bridgehead atoms. The molecule has 1 aliphatic carbocycles. The molecule has 2 heteroatoms. The van der Waals surface area contributed by atoms with Crippen LogP contribution in [0.3, 0.4) is 0 Å². The first-order valence-corrected chi connectivity index (χ1v) is 24.0. The van der Waals surface area contributed by atoms with Crippen LogP contribution in [0.1, 0.15) is 47.2 Å². The van der Waals surface area contributed by atoms with Crippen molar-refractivity contribution in [2.24, 2.45) is 0 Å². The second-order valence-corrected chi connectivity index (χ2v) is 19.0. The van der Waals surface area contributed by atoms with Crippen LogP contribution in [0, 0.1) is 0 Å². The first kappa shape index (κ1) is 40.5. The first-order chi connectivity index (χ1) is 33.9. The van der Waals surface area contributed by atoms with Crippen molar-refractivity contribution in [3.8, 4) is 55.6 Å². The van der Waals surface area contributed by atoms with E-state index in [0.717, 1.165) is 11.4 Å². The molecule has 10 aromatic carbocycles. The van der Waals surface area contributed by atoms with Gasteiger partial charge in [-0.05, 0) is 150 Å². The number of fused-ring (bicyclic) bond motifs is 7. The molecule has 0 atom stereocenters. The molecule has 326 valence electrons. The fourth-order valence-corrected chi connectivity index (χ4v) is 10.9. The minimum atomic E-state index is -0.157. The van der Waals surface area contributed by atoms with Gasteiger partial charge in [0.15, 0.2) is 0 Å². The Hall–Kier alpha value is -8.72. The largest absolute Gasteiger partial charge is 0.309 e. The molecular formula is C67H48N2. The van der Waals surface area contributed by atoms with Crippen LogP contribution >= 0.6 is 0 Å². The average Bonchev–Trinajstić information content (AvgIpc) is 3.52. The van der Waals surface area contributed by atoms with Crippen LogP contribution in [0.15, 0.2) is 231 Å². The third-order valence-corrected chi connectivity index (χ3v) is 14.6. The molecule has 2 nitrogen and oxygen atoms in total. The molecule has 0 amide bonds. The molecule has 0 N–H and O–H groups in total. The van der Waals surface area contributed by atoms with Crippen molar-refractivity contribution in [2.75, 3.05) is 9.80 Å². The van der Waals surface area contributed by atoms with E-state index < -0.39 is 0 Å². The summed E-state index contributed by atoms with van der Waals surface area (Å²) in [6, 6.07) is 84.7. The van der Waals surface area contributed by atoms with Gasteiger partial charge in [0.05, 0.1) is 22.7 Å². The van der Waals surface area contributed by atoms with Crippen molar-refractivity contribution in [1.82, 2.24) is 0 Å². The fourth-order valence-electron chi connectivity index (χ4n) is 10.9. The topological polar surface area (TPSA) is 6.48 Å². The molecule has 0 spiro atoms. The van der Waals surface area contributed by atoms with Gasteiger partial charge >= 0.3 is 0 Å². The summed E-state index contributed by atoms with van der Waals surface area (Å²) >= 11 is 0. The maximum absolute atomic E-state index is 2.43. The second-order valence-electron chi connectivity index (χ2n) is 19.0. The van der Waals surface area contributed by atoms with Crippen LogP contribution in [-0.2, 0) is 5.41 Å². The number of benzene rings is 10. The van der Waals surface area contributed by atoms with Gasteiger partial charge < -0.3 is 9.80 Å². The van der Waals surface area contributed by atoms with E-state index in [2.05, 4.69) is 278 Å². The molecule has 2 aliphatic heterocycles. The van der Waals surface area contributed by atoms with Crippen molar-refractivity contribution in [1.29, 1.82) is 0 Å². The fraction of sp³-hybridized carbons (Fsp3) is 0.0448. The Kier molecular flexibility index (Phi) is 9.55. The molecule has 3 aliphatic rings. The van der Waals surface area contributed by atoms with Gasteiger partial charge in [-0.2, -0.15) is 0 Å². The van der Waals surface area contributed by atoms with Crippen molar-refractivity contribution >= 4 is 58.4 Å². The number of hydrogen-bond acceptors (Lipinski definition) is 2. The molecule has 0 unspecified atom stereocenters. The Balaban J connectivity index is 0.770. The average molecular weight is 881 g/mol. The van der Waals surface area contributed by atoms with Crippen LogP contribution in [0.4, 0.5) is 34.1 Å². The summed E-state index contributed by atoms with van der Waals surface area (Å²) < 4.78 is 0. The lowest BCUT2D eigenvalue weighted by atomic mass is 9.80. The predicted molar refractivity (Wildman–Crippen MR) is 293 cm³/mol. The lowest BCUT2D eigenvalue weighted by Gasteiger charge is -2.27. The second kappa shape index (κ2) is 16.3. The maximum Gasteiger partial charge on any atom is 0.0540 e. The first-order valence-electron chi connectivity index (χ1n) is 24.0. The monoisotopic (exact) mass is 880 g/mol. The highest BCUT2D eigenvalue weighted by Gasteiger charge is 2.36. The van der Waals surface area contributed by atoms with Crippen LogP contribution in [0.5, 0.6) is 0 Å². The Morgan fingerprint density at radius 2 is 0.565 bits per heavy atom. The van der Waals surface area contributed by atoms with Gasteiger partial charge in [0.2, 0.25) is 0 Å². The molecule has 0 aromatic heterocycles. The molecule has 2 heterocycles. The van der Waals surface area contributed by atoms with Crippen LogP contribution < -0.4 is 9.80 Å². The smallest absolute Gasteiger partial charge is 0.0540 e. The van der Waals surface area contributed by atoms with E-state index in [1.165, 1.54) is 112 Å². The van der Waals surface area contributed by atoms with Gasteiger partial charge in [0, 0.05) is 16.8 Å². The van der Waals surface area contributed by atoms with Gasteiger partial charge in [-0.3, -0.25) is 0 Å². The number of para-hydroxylation sites is 4. The zero-order valence-corrected chi connectivity index (χ0v) is 38.6. The third-order valence-electron chi connectivity index (χ3n) is 14.6. The number of nitrogens with zero attached hydrogens (tertiary/aromatic N) is 2. The molecule has 0 saturated carbocycles. The maximum atomic E-state index is 2.43. The summed E-state index contributed by atoms with van der Waals surface area (Å²) in [5, 5.41) is 0. The lowest BCUT2D eigenvalue weighted by Crippen LogP contribution is -2.15. The van der Waals surface area contributed by atoms with Crippen LogP contribution in [0.2, 0.25) is 0 Å². The minimum absolute atomic E-state index is 0.157. The van der Waals surface area contributed by atoms with Crippen molar-refractivity contribution in [3.05, 3.63) is 264 Å². The normalized spacial score (nSPS) is 13.6. The van der Waals surface area contributed by atoms with Crippen molar-refractivity contribution in [3.63, 3.8) is 0 Å². The lowest BCUT2D eigenvalue weighted by molar-refractivity contribution is 0.661. The van der Waals surface area contributed by atoms with Crippen molar-refractivity contribution in [2.45, 2.75) is 19.3 Å². The number of anilines is 6. The summed E-state index contributed by atoms with van der Waals surface area (Å²) in [5.74, 6) is 0. The highest BCUT2D eigenvalue weighted by atomic mass is 15.2.